The maximum absolute atomic E-state index is 11.7. The lowest BCUT2D eigenvalue weighted by atomic mass is 10.2. The Bertz CT molecular complexity index is 257. The predicted octanol–water partition coefficient (Wildman–Crippen LogP) is -0.325. The van der Waals surface area contributed by atoms with Gasteiger partial charge in [-0.3, -0.25) is 14.5 Å². The van der Waals surface area contributed by atoms with Gasteiger partial charge >= 0.3 is 0 Å². The zero-order valence-corrected chi connectivity index (χ0v) is 8.52. The Kier molecular flexibility index (Phi) is 3.02. The molecule has 2 amide bonds. The molecule has 0 radical (unpaired) electrons. The number of aliphatic hydroxyl groups excluding tert-OH is 1. The van der Waals surface area contributed by atoms with Crippen molar-refractivity contribution >= 4 is 11.8 Å². The molecule has 84 valence electrons. The number of likely N-dealkylation sites (tertiary alicyclic amines) is 1. The standard InChI is InChI=1S/C10H15NO4/c12-6-2-1-5-11-9(13)7-3-4-8(15-7)10(11)14/h7-8,12H,1-6H2. The summed E-state index contributed by atoms with van der Waals surface area (Å²) < 4.78 is 5.27. The lowest BCUT2D eigenvalue weighted by molar-refractivity contribution is -0.168. The molecule has 5 heteroatoms. The summed E-state index contributed by atoms with van der Waals surface area (Å²) in [7, 11) is 0. The topological polar surface area (TPSA) is 66.8 Å². The van der Waals surface area contributed by atoms with Crippen LogP contribution in [-0.4, -0.2) is 47.2 Å². The fraction of sp³-hybridized carbons (Fsp3) is 0.800. The average molecular weight is 213 g/mol. The highest BCUT2D eigenvalue weighted by Crippen LogP contribution is 2.28. The highest BCUT2D eigenvalue weighted by Gasteiger charge is 2.45. The number of aliphatic hydroxyl groups is 1. The number of carbonyl (C=O) groups is 2. The van der Waals surface area contributed by atoms with E-state index in [1.54, 1.807) is 0 Å². The third-order valence-corrected chi connectivity index (χ3v) is 2.89. The summed E-state index contributed by atoms with van der Waals surface area (Å²) in [6.07, 6.45) is 1.79. The van der Waals surface area contributed by atoms with E-state index in [1.165, 1.54) is 4.90 Å². The third-order valence-electron chi connectivity index (χ3n) is 2.89. The molecule has 0 aromatic rings. The van der Waals surface area contributed by atoms with Gasteiger partial charge in [0.1, 0.15) is 12.2 Å². The minimum absolute atomic E-state index is 0.0968. The number of nitrogens with zero attached hydrogens (tertiary/aromatic N) is 1. The number of rotatable bonds is 4. The molecule has 2 aliphatic heterocycles. The SMILES string of the molecule is O=C1C2CCC(O2)C(=O)N1CCCCO. The molecule has 0 spiro atoms. The Labute approximate surface area is 88.0 Å². The van der Waals surface area contributed by atoms with Crippen molar-refractivity contribution in [1.29, 1.82) is 0 Å². The number of morpholine rings is 1. The summed E-state index contributed by atoms with van der Waals surface area (Å²) in [6, 6.07) is 0. The van der Waals surface area contributed by atoms with Crippen LogP contribution in [0.1, 0.15) is 25.7 Å². The van der Waals surface area contributed by atoms with Crippen molar-refractivity contribution in [3.8, 4) is 0 Å². The molecule has 2 atom stereocenters. The maximum atomic E-state index is 11.7. The maximum Gasteiger partial charge on any atom is 0.258 e. The second kappa shape index (κ2) is 4.28. The second-order valence-electron chi connectivity index (χ2n) is 3.95. The lowest BCUT2D eigenvalue weighted by Crippen LogP contribution is -2.51. The van der Waals surface area contributed by atoms with Gasteiger partial charge in [0, 0.05) is 13.2 Å². The van der Waals surface area contributed by atoms with Gasteiger partial charge in [0.2, 0.25) is 0 Å². The van der Waals surface area contributed by atoms with Crippen LogP contribution in [0.15, 0.2) is 0 Å². The summed E-state index contributed by atoms with van der Waals surface area (Å²) in [4.78, 5) is 24.7. The molecule has 15 heavy (non-hydrogen) atoms. The van der Waals surface area contributed by atoms with Crippen molar-refractivity contribution in [2.45, 2.75) is 37.9 Å². The highest BCUT2D eigenvalue weighted by atomic mass is 16.5. The van der Waals surface area contributed by atoms with E-state index in [0.717, 1.165) is 0 Å². The number of amides is 2. The Balaban J connectivity index is 1.97. The number of unbranched alkanes of at least 4 members (excludes halogenated alkanes) is 1. The van der Waals surface area contributed by atoms with Crippen molar-refractivity contribution in [3.05, 3.63) is 0 Å². The number of hydrogen-bond acceptors (Lipinski definition) is 4. The van der Waals surface area contributed by atoms with E-state index in [1.807, 2.05) is 0 Å². The summed E-state index contributed by atoms with van der Waals surface area (Å²) in [6.45, 7) is 0.508. The van der Waals surface area contributed by atoms with E-state index >= 15 is 0 Å². The minimum atomic E-state index is -0.401. The molecule has 2 rings (SSSR count). The molecule has 2 unspecified atom stereocenters. The normalized spacial score (nSPS) is 30.1. The summed E-state index contributed by atoms with van der Waals surface area (Å²) in [5, 5.41) is 8.63. The number of imide groups is 1. The molecule has 2 bridgehead atoms. The van der Waals surface area contributed by atoms with E-state index in [4.69, 9.17) is 9.84 Å². The molecule has 1 N–H and O–H groups in total. The molecule has 0 aromatic carbocycles. The largest absolute Gasteiger partial charge is 0.396 e. The van der Waals surface area contributed by atoms with Gasteiger partial charge in [0.05, 0.1) is 0 Å². The fourth-order valence-electron chi connectivity index (χ4n) is 2.06. The summed E-state index contributed by atoms with van der Waals surface area (Å²) >= 11 is 0. The van der Waals surface area contributed by atoms with Crippen LogP contribution in [-0.2, 0) is 14.3 Å². The summed E-state index contributed by atoms with van der Waals surface area (Å²) in [5.41, 5.74) is 0. The molecule has 5 nitrogen and oxygen atoms in total. The van der Waals surface area contributed by atoms with E-state index in [2.05, 4.69) is 0 Å². The monoisotopic (exact) mass is 213 g/mol. The van der Waals surface area contributed by atoms with Gasteiger partial charge in [-0.2, -0.15) is 0 Å². The molecule has 0 saturated carbocycles. The van der Waals surface area contributed by atoms with Crippen LogP contribution < -0.4 is 0 Å². The number of ether oxygens (including phenoxy) is 1. The van der Waals surface area contributed by atoms with Crippen molar-refractivity contribution in [2.75, 3.05) is 13.2 Å². The first-order valence-corrected chi connectivity index (χ1v) is 5.35. The lowest BCUT2D eigenvalue weighted by Gasteiger charge is -2.29. The fourth-order valence-corrected chi connectivity index (χ4v) is 2.06. The smallest absolute Gasteiger partial charge is 0.258 e. The molecule has 0 aromatic heterocycles. The van der Waals surface area contributed by atoms with E-state index in [9.17, 15) is 9.59 Å². The number of fused-ring (bicyclic) bond motifs is 2. The Morgan fingerprint density at radius 2 is 1.80 bits per heavy atom. The first-order chi connectivity index (χ1) is 7.24. The van der Waals surface area contributed by atoms with Gasteiger partial charge in [0.25, 0.3) is 11.8 Å². The van der Waals surface area contributed by atoms with Gasteiger partial charge in [0.15, 0.2) is 0 Å². The van der Waals surface area contributed by atoms with Gasteiger partial charge < -0.3 is 9.84 Å². The van der Waals surface area contributed by atoms with E-state index < -0.39 is 12.2 Å². The minimum Gasteiger partial charge on any atom is -0.396 e. The summed E-state index contributed by atoms with van der Waals surface area (Å²) in [5.74, 6) is -0.404. The van der Waals surface area contributed by atoms with Crippen LogP contribution in [0, 0.1) is 0 Å². The van der Waals surface area contributed by atoms with Crippen molar-refractivity contribution in [1.82, 2.24) is 4.90 Å². The van der Waals surface area contributed by atoms with Gasteiger partial charge in [-0.1, -0.05) is 0 Å². The van der Waals surface area contributed by atoms with E-state index in [-0.39, 0.29) is 18.4 Å². The van der Waals surface area contributed by atoms with Crippen LogP contribution >= 0.6 is 0 Å². The van der Waals surface area contributed by atoms with Gasteiger partial charge in [-0.25, -0.2) is 0 Å². The Morgan fingerprint density at radius 1 is 1.20 bits per heavy atom. The van der Waals surface area contributed by atoms with Crippen LogP contribution in [0.3, 0.4) is 0 Å². The number of hydrogen-bond donors (Lipinski definition) is 1. The van der Waals surface area contributed by atoms with Crippen molar-refractivity contribution in [2.24, 2.45) is 0 Å². The van der Waals surface area contributed by atoms with Gasteiger partial charge in [-0.15, -0.1) is 0 Å². The molecule has 2 saturated heterocycles. The number of carbonyl (C=O) groups excluding carboxylic acids is 2. The van der Waals surface area contributed by atoms with Crippen molar-refractivity contribution < 1.29 is 19.4 Å². The first kappa shape index (κ1) is 10.6. The van der Waals surface area contributed by atoms with Crippen LogP contribution in [0.5, 0.6) is 0 Å². The molecule has 0 aliphatic carbocycles. The molecule has 2 aliphatic rings. The Hall–Kier alpha value is -0.940. The first-order valence-electron chi connectivity index (χ1n) is 5.35. The zero-order valence-electron chi connectivity index (χ0n) is 8.52. The molecular formula is C10H15NO4. The van der Waals surface area contributed by atoms with Crippen molar-refractivity contribution in [3.63, 3.8) is 0 Å². The van der Waals surface area contributed by atoms with E-state index in [0.29, 0.717) is 32.2 Å². The van der Waals surface area contributed by atoms with Crippen LogP contribution in [0.25, 0.3) is 0 Å². The molecule has 2 fully saturated rings. The molecular weight excluding hydrogens is 198 g/mol. The molecule has 2 heterocycles. The predicted molar refractivity (Wildman–Crippen MR) is 50.9 cm³/mol. The highest BCUT2D eigenvalue weighted by molar-refractivity contribution is 6.02. The zero-order chi connectivity index (χ0) is 10.8. The third kappa shape index (κ3) is 1.89. The van der Waals surface area contributed by atoms with Crippen LogP contribution in [0.4, 0.5) is 0 Å². The second-order valence-corrected chi connectivity index (χ2v) is 3.95. The van der Waals surface area contributed by atoms with Gasteiger partial charge in [-0.05, 0) is 25.7 Å². The Morgan fingerprint density at radius 3 is 2.33 bits per heavy atom. The average Bonchev–Trinajstić information content (AvgIpc) is 2.67. The van der Waals surface area contributed by atoms with Crippen LogP contribution in [0.2, 0.25) is 0 Å². The quantitative estimate of drug-likeness (QED) is 0.513.